The molecule has 3 heterocycles. The van der Waals surface area contributed by atoms with E-state index in [2.05, 4.69) is 14.9 Å². The highest BCUT2D eigenvalue weighted by Crippen LogP contribution is 2.36. The zero-order chi connectivity index (χ0) is 23.8. The zero-order valence-corrected chi connectivity index (χ0v) is 19.1. The van der Waals surface area contributed by atoms with Crippen LogP contribution < -0.4 is 16.4 Å². The second-order valence-electron chi connectivity index (χ2n) is 8.43. The highest BCUT2D eigenvalue weighted by atomic mass is 32.1. The second-order valence-corrected chi connectivity index (χ2v) is 9.46. The molecular weight excluding hydrogens is 456 g/mol. The van der Waals surface area contributed by atoms with Gasteiger partial charge in [0.25, 0.3) is 0 Å². The molecule has 1 saturated heterocycles. The summed E-state index contributed by atoms with van der Waals surface area (Å²) in [7, 11) is 0. The fourth-order valence-corrected chi connectivity index (χ4v) is 5.38. The molecular formula is C25H23F2N5OS. The summed E-state index contributed by atoms with van der Waals surface area (Å²) in [5.74, 6) is -1.85. The lowest BCUT2D eigenvalue weighted by Gasteiger charge is -2.34. The predicted octanol–water partition coefficient (Wildman–Crippen LogP) is 4.57. The average molecular weight is 480 g/mol. The van der Waals surface area contributed by atoms with Crippen molar-refractivity contribution in [3.8, 4) is 10.6 Å². The standard InChI is InChI=1S/C25H23F2N5OS/c26-17-7-3-8-18(27)21(17)25-31-22(24(29)34-25)20(33)11-14-12-30-19-9-2-1-6-16(19)23(14)32-10-4-5-15(28)13-32/h1-3,6-9,12,15H,4-5,10-11,13,28-29H2/t15-/m0/s1. The summed E-state index contributed by atoms with van der Waals surface area (Å²) < 4.78 is 28.5. The lowest BCUT2D eigenvalue weighted by molar-refractivity contribution is 0.0989. The van der Waals surface area contributed by atoms with Crippen LogP contribution in [0.4, 0.5) is 19.5 Å². The fourth-order valence-electron chi connectivity index (χ4n) is 4.48. The summed E-state index contributed by atoms with van der Waals surface area (Å²) in [5.41, 5.74) is 14.5. The molecule has 2 aromatic carbocycles. The Bertz CT molecular complexity index is 1370. The topological polar surface area (TPSA) is 98.1 Å². The number of hydrogen-bond donors (Lipinski definition) is 2. The Balaban J connectivity index is 1.52. The number of para-hydroxylation sites is 1. The van der Waals surface area contributed by atoms with E-state index in [1.54, 1.807) is 6.20 Å². The third-order valence-electron chi connectivity index (χ3n) is 6.04. The maximum atomic E-state index is 14.2. The first-order valence-electron chi connectivity index (χ1n) is 11.0. The minimum atomic E-state index is -0.754. The number of hydrogen-bond acceptors (Lipinski definition) is 7. The van der Waals surface area contributed by atoms with E-state index in [0.29, 0.717) is 6.54 Å². The van der Waals surface area contributed by atoms with E-state index in [1.165, 1.54) is 6.07 Å². The van der Waals surface area contributed by atoms with E-state index < -0.39 is 11.6 Å². The van der Waals surface area contributed by atoms with Gasteiger partial charge in [0, 0.05) is 42.7 Å². The number of pyridine rings is 1. The quantitative estimate of drug-likeness (QED) is 0.407. The number of carbonyl (C=O) groups is 1. The number of rotatable bonds is 5. The maximum Gasteiger partial charge on any atom is 0.188 e. The molecule has 0 saturated carbocycles. The Morgan fingerprint density at radius 2 is 1.91 bits per heavy atom. The van der Waals surface area contributed by atoms with E-state index in [0.717, 1.165) is 65.0 Å². The van der Waals surface area contributed by atoms with Crippen LogP contribution in [0.15, 0.2) is 48.7 Å². The van der Waals surface area contributed by atoms with Crippen molar-refractivity contribution in [3.63, 3.8) is 0 Å². The molecule has 34 heavy (non-hydrogen) atoms. The van der Waals surface area contributed by atoms with Gasteiger partial charge in [-0.05, 0) is 31.0 Å². The largest absolute Gasteiger partial charge is 0.389 e. The molecule has 1 atom stereocenters. The van der Waals surface area contributed by atoms with Gasteiger partial charge in [-0.25, -0.2) is 13.8 Å². The molecule has 1 aliphatic heterocycles. The number of thiazole rings is 1. The average Bonchev–Trinajstić information content (AvgIpc) is 3.20. The van der Waals surface area contributed by atoms with Gasteiger partial charge in [-0.3, -0.25) is 9.78 Å². The van der Waals surface area contributed by atoms with Gasteiger partial charge in [-0.2, -0.15) is 0 Å². The van der Waals surface area contributed by atoms with Crippen molar-refractivity contribution >= 4 is 38.7 Å². The number of piperidine rings is 1. The normalized spacial score (nSPS) is 16.2. The van der Waals surface area contributed by atoms with Crippen molar-refractivity contribution < 1.29 is 13.6 Å². The molecule has 1 fully saturated rings. The number of nitrogens with zero attached hydrogens (tertiary/aromatic N) is 3. The third kappa shape index (κ3) is 4.12. The van der Waals surface area contributed by atoms with Crippen LogP contribution in [0.25, 0.3) is 21.5 Å². The van der Waals surface area contributed by atoms with E-state index >= 15 is 0 Å². The number of carbonyl (C=O) groups excluding carboxylic acids is 1. The first-order chi connectivity index (χ1) is 16.4. The maximum absolute atomic E-state index is 14.2. The molecule has 6 nitrogen and oxygen atoms in total. The molecule has 0 bridgehead atoms. The number of benzene rings is 2. The summed E-state index contributed by atoms with van der Waals surface area (Å²) in [4.78, 5) is 24.3. The van der Waals surface area contributed by atoms with Crippen LogP contribution in [-0.4, -0.2) is 34.9 Å². The lowest BCUT2D eigenvalue weighted by Crippen LogP contribution is -2.43. The van der Waals surface area contributed by atoms with Crippen LogP contribution in [0.5, 0.6) is 0 Å². The number of ketones is 1. The molecule has 0 amide bonds. The third-order valence-corrected chi connectivity index (χ3v) is 6.94. The summed E-state index contributed by atoms with van der Waals surface area (Å²) in [6.07, 6.45) is 3.63. The smallest absolute Gasteiger partial charge is 0.188 e. The number of Topliss-reactive ketones (excluding diaryl/α,β-unsaturated/α-hetero) is 1. The first kappa shape index (κ1) is 22.4. The predicted molar refractivity (Wildman–Crippen MR) is 131 cm³/mol. The molecule has 1 aliphatic rings. The van der Waals surface area contributed by atoms with Gasteiger partial charge in [0.1, 0.15) is 27.3 Å². The number of halogens is 2. The molecule has 0 unspecified atom stereocenters. The summed E-state index contributed by atoms with van der Waals surface area (Å²) >= 11 is 0.893. The van der Waals surface area contributed by atoms with E-state index in [1.807, 2.05) is 24.3 Å². The SMILES string of the molecule is Nc1sc(-c2c(F)cccc2F)nc1C(=O)Cc1cnc2ccccc2c1N1CCC[C@H](N)C1. The van der Waals surface area contributed by atoms with Gasteiger partial charge in [-0.1, -0.05) is 35.6 Å². The summed E-state index contributed by atoms with van der Waals surface area (Å²) in [6.45, 7) is 1.52. The molecule has 4 aromatic rings. The fraction of sp³-hybridized carbons (Fsp3) is 0.240. The van der Waals surface area contributed by atoms with Gasteiger partial charge in [-0.15, -0.1) is 0 Å². The molecule has 4 N–H and O–H groups in total. The van der Waals surface area contributed by atoms with E-state index in [4.69, 9.17) is 11.5 Å². The van der Waals surface area contributed by atoms with Crippen LogP contribution in [-0.2, 0) is 6.42 Å². The Morgan fingerprint density at radius 1 is 1.15 bits per heavy atom. The Kier molecular flexibility index (Phi) is 5.97. The molecule has 5 rings (SSSR count). The van der Waals surface area contributed by atoms with Crippen LogP contribution >= 0.6 is 11.3 Å². The Hall–Kier alpha value is -3.43. The molecule has 174 valence electrons. The van der Waals surface area contributed by atoms with Gasteiger partial charge >= 0.3 is 0 Å². The number of fused-ring (bicyclic) bond motifs is 1. The highest BCUT2D eigenvalue weighted by Gasteiger charge is 2.25. The Morgan fingerprint density at radius 3 is 2.68 bits per heavy atom. The lowest BCUT2D eigenvalue weighted by atomic mass is 9.99. The monoisotopic (exact) mass is 479 g/mol. The van der Waals surface area contributed by atoms with Crippen molar-refractivity contribution in [1.29, 1.82) is 0 Å². The van der Waals surface area contributed by atoms with Gasteiger partial charge in [0.2, 0.25) is 0 Å². The van der Waals surface area contributed by atoms with Crippen molar-refractivity contribution in [1.82, 2.24) is 9.97 Å². The van der Waals surface area contributed by atoms with Crippen LogP contribution in [0.1, 0.15) is 28.9 Å². The minimum Gasteiger partial charge on any atom is -0.389 e. The van der Waals surface area contributed by atoms with Crippen LogP contribution in [0, 0.1) is 11.6 Å². The number of anilines is 2. The van der Waals surface area contributed by atoms with Crippen molar-refractivity contribution in [2.75, 3.05) is 23.7 Å². The zero-order valence-electron chi connectivity index (χ0n) is 18.3. The number of aromatic nitrogens is 2. The molecule has 0 radical (unpaired) electrons. The molecule has 0 aliphatic carbocycles. The van der Waals surface area contributed by atoms with E-state index in [-0.39, 0.29) is 39.5 Å². The highest BCUT2D eigenvalue weighted by molar-refractivity contribution is 7.19. The van der Waals surface area contributed by atoms with Crippen LogP contribution in [0.2, 0.25) is 0 Å². The number of nitrogens with two attached hydrogens (primary N) is 2. The van der Waals surface area contributed by atoms with Crippen molar-refractivity contribution in [3.05, 3.63) is 71.6 Å². The minimum absolute atomic E-state index is 0.00599. The van der Waals surface area contributed by atoms with Gasteiger partial charge < -0.3 is 16.4 Å². The van der Waals surface area contributed by atoms with Gasteiger partial charge in [0.05, 0.1) is 16.8 Å². The summed E-state index contributed by atoms with van der Waals surface area (Å²) in [6, 6.07) is 11.4. The van der Waals surface area contributed by atoms with E-state index in [9.17, 15) is 13.6 Å². The summed E-state index contributed by atoms with van der Waals surface area (Å²) in [5, 5.41) is 1.11. The second kappa shape index (κ2) is 9.08. The van der Waals surface area contributed by atoms with Crippen molar-refractivity contribution in [2.24, 2.45) is 5.73 Å². The van der Waals surface area contributed by atoms with Crippen molar-refractivity contribution in [2.45, 2.75) is 25.3 Å². The molecule has 2 aromatic heterocycles. The number of nitrogen functional groups attached to an aromatic ring is 1. The first-order valence-corrected chi connectivity index (χ1v) is 11.8. The Labute approximate surface area is 199 Å². The molecule has 0 spiro atoms. The molecule has 9 heteroatoms. The van der Waals surface area contributed by atoms with Gasteiger partial charge in [0.15, 0.2) is 5.78 Å². The van der Waals surface area contributed by atoms with Crippen LogP contribution in [0.3, 0.4) is 0 Å².